The molecule has 2 aromatic carbocycles. The van der Waals surface area contributed by atoms with Crippen LogP contribution in [-0.2, 0) is 6.42 Å². The van der Waals surface area contributed by atoms with Gasteiger partial charge in [-0.25, -0.2) is 9.97 Å². The second-order valence-corrected chi connectivity index (χ2v) is 6.73. The molecule has 1 aliphatic heterocycles. The number of amides is 1. The molecule has 27 heavy (non-hydrogen) atoms. The van der Waals surface area contributed by atoms with Gasteiger partial charge in [-0.15, -0.1) is 0 Å². The Morgan fingerprint density at radius 3 is 2.70 bits per heavy atom. The van der Waals surface area contributed by atoms with Gasteiger partial charge in [0.2, 0.25) is 5.95 Å². The predicted molar refractivity (Wildman–Crippen MR) is 106 cm³/mol. The number of anilines is 2. The normalized spacial score (nSPS) is 14.3. The van der Waals surface area contributed by atoms with Crippen LogP contribution in [0.15, 0.2) is 66.9 Å². The number of benzene rings is 2. The summed E-state index contributed by atoms with van der Waals surface area (Å²) in [6, 6.07) is 19.8. The van der Waals surface area contributed by atoms with Crippen molar-refractivity contribution in [2.75, 3.05) is 11.4 Å². The molecule has 0 saturated carbocycles. The maximum Gasteiger partial charge on any atom is 0.270 e. The number of nitrogens with one attached hydrogen (secondary N) is 1. The maximum absolute atomic E-state index is 12.7. The second kappa shape index (κ2) is 7.58. The highest BCUT2D eigenvalue weighted by Crippen LogP contribution is 2.31. The molecule has 1 amide bonds. The van der Waals surface area contributed by atoms with Gasteiger partial charge in [-0.1, -0.05) is 48.5 Å². The van der Waals surface area contributed by atoms with Crippen molar-refractivity contribution in [3.8, 4) is 0 Å². The predicted octanol–water partition coefficient (Wildman–Crippen LogP) is 4.05. The molecule has 136 valence electrons. The highest BCUT2D eigenvalue weighted by Gasteiger charge is 2.21. The van der Waals surface area contributed by atoms with Crippen molar-refractivity contribution in [1.82, 2.24) is 15.3 Å². The molecule has 0 saturated heterocycles. The molecule has 1 aromatic heterocycles. The lowest BCUT2D eigenvalue weighted by atomic mass is 10.0. The highest BCUT2D eigenvalue weighted by molar-refractivity contribution is 5.92. The number of carbonyl (C=O) groups excluding carboxylic acids is 1. The Bertz CT molecular complexity index is 942. The first-order valence-electron chi connectivity index (χ1n) is 9.26. The van der Waals surface area contributed by atoms with E-state index in [9.17, 15) is 4.79 Å². The smallest absolute Gasteiger partial charge is 0.270 e. The molecule has 1 unspecified atom stereocenters. The summed E-state index contributed by atoms with van der Waals surface area (Å²) in [5.41, 5.74) is 3.86. The monoisotopic (exact) mass is 358 g/mol. The van der Waals surface area contributed by atoms with Gasteiger partial charge in [-0.2, -0.15) is 0 Å². The van der Waals surface area contributed by atoms with Gasteiger partial charge >= 0.3 is 0 Å². The first-order chi connectivity index (χ1) is 13.2. The van der Waals surface area contributed by atoms with Crippen LogP contribution >= 0.6 is 0 Å². The Morgan fingerprint density at radius 2 is 1.85 bits per heavy atom. The molecule has 1 atom stereocenters. The van der Waals surface area contributed by atoms with Crippen molar-refractivity contribution in [2.24, 2.45) is 0 Å². The van der Waals surface area contributed by atoms with E-state index in [0.717, 1.165) is 30.6 Å². The summed E-state index contributed by atoms with van der Waals surface area (Å²) in [5.74, 6) is 0.377. The number of hydrogen-bond donors (Lipinski definition) is 1. The van der Waals surface area contributed by atoms with Crippen molar-refractivity contribution >= 4 is 17.5 Å². The molecular weight excluding hydrogens is 336 g/mol. The van der Waals surface area contributed by atoms with E-state index in [1.165, 1.54) is 5.56 Å². The van der Waals surface area contributed by atoms with Crippen molar-refractivity contribution in [3.63, 3.8) is 0 Å². The molecule has 3 aromatic rings. The zero-order valence-corrected chi connectivity index (χ0v) is 15.3. The Labute approximate surface area is 159 Å². The van der Waals surface area contributed by atoms with Crippen molar-refractivity contribution in [1.29, 1.82) is 0 Å². The Hall–Kier alpha value is -3.21. The minimum Gasteiger partial charge on any atom is -0.344 e. The Balaban J connectivity index is 1.56. The Kier molecular flexibility index (Phi) is 4.83. The zero-order valence-electron chi connectivity index (χ0n) is 15.3. The van der Waals surface area contributed by atoms with Crippen molar-refractivity contribution < 1.29 is 4.79 Å². The summed E-state index contributed by atoms with van der Waals surface area (Å²) in [6.45, 7) is 2.82. The van der Waals surface area contributed by atoms with E-state index in [1.54, 1.807) is 12.3 Å². The average Bonchev–Trinajstić information content (AvgIpc) is 2.74. The van der Waals surface area contributed by atoms with Gasteiger partial charge in [0, 0.05) is 18.4 Å². The summed E-state index contributed by atoms with van der Waals surface area (Å²) >= 11 is 0. The minimum absolute atomic E-state index is 0.0900. The van der Waals surface area contributed by atoms with Gasteiger partial charge < -0.3 is 10.2 Å². The van der Waals surface area contributed by atoms with Crippen molar-refractivity contribution in [3.05, 3.63) is 83.7 Å². The number of aromatic nitrogens is 2. The van der Waals surface area contributed by atoms with Gasteiger partial charge in [0.25, 0.3) is 5.91 Å². The fraction of sp³-hybridized carbons (Fsp3) is 0.227. The molecule has 1 N–H and O–H groups in total. The van der Waals surface area contributed by atoms with Crippen LogP contribution in [0.1, 0.15) is 41.0 Å². The van der Waals surface area contributed by atoms with E-state index < -0.39 is 0 Å². The molecule has 0 spiro atoms. The number of fused-ring (bicyclic) bond motifs is 1. The maximum atomic E-state index is 12.7. The van der Waals surface area contributed by atoms with Crippen LogP contribution in [0.3, 0.4) is 0 Å². The summed E-state index contributed by atoms with van der Waals surface area (Å²) in [7, 11) is 0. The number of aryl methyl sites for hydroxylation is 1. The largest absolute Gasteiger partial charge is 0.344 e. The fourth-order valence-electron chi connectivity index (χ4n) is 3.44. The molecule has 1 aliphatic rings. The van der Waals surface area contributed by atoms with Crippen molar-refractivity contribution in [2.45, 2.75) is 25.8 Å². The standard InChI is InChI=1S/C22H22N4O/c1-16(17-8-3-2-4-9-17)24-21(27)19-13-14-23-22(25-19)26-15-7-11-18-10-5-6-12-20(18)26/h2-6,8-10,12-14,16H,7,11,15H2,1H3,(H,24,27). The molecule has 5 nitrogen and oxygen atoms in total. The number of rotatable bonds is 4. The summed E-state index contributed by atoms with van der Waals surface area (Å²) < 4.78 is 0. The number of para-hydroxylation sites is 1. The van der Waals surface area contributed by atoms with E-state index in [1.807, 2.05) is 43.3 Å². The van der Waals surface area contributed by atoms with E-state index in [-0.39, 0.29) is 11.9 Å². The van der Waals surface area contributed by atoms with Gasteiger partial charge in [0.05, 0.1) is 6.04 Å². The third kappa shape index (κ3) is 3.67. The zero-order chi connectivity index (χ0) is 18.6. The van der Waals surface area contributed by atoms with E-state index >= 15 is 0 Å². The van der Waals surface area contributed by atoms with E-state index in [2.05, 4.69) is 38.4 Å². The highest BCUT2D eigenvalue weighted by atomic mass is 16.1. The molecule has 0 aliphatic carbocycles. The van der Waals surface area contributed by atoms with Crippen LogP contribution in [0, 0.1) is 0 Å². The van der Waals surface area contributed by atoms with Crippen LogP contribution < -0.4 is 10.2 Å². The third-order valence-corrected chi connectivity index (χ3v) is 4.87. The molecule has 0 bridgehead atoms. The lowest BCUT2D eigenvalue weighted by Gasteiger charge is -2.29. The molecule has 0 radical (unpaired) electrons. The summed E-state index contributed by atoms with van der Waals surface area (Å²) in [4.78, 5) is 23.7. The summed E-state index contributed by atoms with van der Waals surface area (Å²) in [6.07, 6.45) is 3.75. The number of carbonyl (C=O) groups is 1. The van der Waals surface area contributed by atoms with Crippen LogP contribution in [-0.4, -0.2) is 22.4 Å². The molecular formula is C22H22N4O. The van der Waals surface area contributed by atoms with Crippen LogP contribution in [0.5, 0.6) is 0 Å². The van der Waals surface area contributed by atoms with Gasteiger partial charge in [0.1, 0.15) is 5.69 Å². The first kappa shape index (κ1) is 17.2. The minimum atomic E-state index is -0.194. The van der Waals surface area contributed by atoms with Gasteiger partial charge in [0.15, 0.2) is 0 Å². The number of nitrogens with zero attached hydrogens (tertiary/aromatic N) is 3. The quantitative estimate of drug-likeness (QED) is 0.764. The lowest BCUT2D eigenvalue weighted by Crippen LogP contribution is -2.30. The van der Waals surface area contributed by atoms with E-state index in [4.69, 9.17) is 0 Å². The molecule has 5 heteroatoms. The number of hydrogen-bond acceptors (Lipinski definition) is 4. The van der Waals surface area contributed by atoms with Gasteiger partial charge in [-0.3, -0.25) is 4.79 Å². The molecule has 4 rings (SSSR count). The second-order valence-electron chi connectivity index (χ2n) is 6.73. The van der Waals surface area contributed by atoms with E-state index in [0.29, 0.717) is 11.6 Å². The third-order valence-electron chi connectivity index (χ3n) is 4.87. The molecule has 0 fully saturated rings. The summed E-state index contributed by atoms with van der Waals surface area (Å²) in [5, 5.41) is 3.01. The van der Waals surface area contributed by atoms with Crippen LogP contribution in [0.4, 0.5) is 11.6 Å². The molecule has 2 heterocycles. The SMILES string of the molecule is CC(NC(=O)c1ccnc(N2CCCc3ccccc32)n1)c1ccccc1. The average molecular weight is 358 g/mol. The fourth-order valence-corrected chi connectivity index (χ4v) is 3.44. The Morgan fingerprint density at radius 1 is 1.07 bits per heavy atom. The van der Waals surface area contributed by atoms with Crippen LogP contribution in [0.25, 0.3) is 0 Å². The topological polar surface area (TPSA) is 58.1 Å². The first-order valence-corrected chi connectivity index (χ1v) is 9.26. The van der Waals surface area contributed by atoms with Crippen LogP contribution in [0.2, 0.25) is 0 Å². The van der Waals surface area contributed by atoms with Gasteiger partial charge in [-0.05, 0) is 43.0 Å². The lowest BCUT2D eigenvalue weighted by molar-refractivity contribution is 0.0934.